The fraction of sp³-hybridized carbons (Fsp3) is 0.0149. The lowest BCUT2D eigenvalue weighted by Gasteiger charge is -2.35. The normalized spacial score (nSPS) is 12.8. The van der Waals surface area contributed by atoms with Crippen LogP contribution in [0.1, 0.15) is 22.3 Å². The number of fused-ring (bicyclic) bond motifs is 10. The molecule has 0 bridgehead atoms. The van der Waals surface area contributed by atoms with Crippen molar-refractivity contribution in [1.29, 1.82) is 0 Å². The molecule has 1 aliphatic carbocycles. The molecule has 0 amide bonds. The van der Waals surface area contributed by atoms with Crippen LogP contribution in [0.3, 0.4) is 0 Å². The monoisotopic (exact) mass is 877 g/mol. The lowest BCUT2D eigenvalue weighted by atomic mass is 9.66. The van der Waals surface area contributed by atoms with Crippen LogP contribution < -0.4 is 4.90 Å². The Morgan fingerprint density at radius 1 is 0.333 bits per heavy atom. The average molecular weight is 878 g/mol. The molecule has 2 heteroatoms. The molecule has 14 rings (SSSR count). The Labute approximate surface area is 400 Å². The van der Waals surface area contributed by atoms with Crippen LogP contribution in [-0.4, -0.2) is 0 Å². The zero-order valence-electron chi connectivity index (χ0n) is 37.7. The summed E-state index contributed by atoms with van der Waals surface area (Å²) in [6, 6.07) is 95.6. The first kappa shape index (κ1) is 39.2. The fourth-order valence-electron chi connectivity index (χ4n) is 11.7. The van der Waals surface area contributed by atoms with E-state index in [0.29, 0.717) is 0 Å². The van der Waals surface area contributed by atoms with Gasteiger partial charge in [0.2, 0.25) is 0 Å². The molecule has 13 aromatic rings. The van der Waals surface area contributed by atoms with Crippen molar-refractivity contribution in [2.45, 2.75) is 5.41 Å². The van der Waals surface area contributed by atoms with Gasteiger partial charge in [-0.2, -0.15) is 0 Å². The van der Waals surface area contributed by atoms with Gasteiger partial charge < -0.3 is 9.32 Å². The van der Waals surface area contributed by atoms with Crippen molar-refractivity contribution in [3.8, 4) is 33.4 Å². The molecule has 0 N–H and O–H groups in total. The number of nitrogens with zero attached hydrogens (tertiary/aromatic N) is 1. The molecule has 0 fully saturated rings. The molecule has 0 unspecified atom stereocenters. The maximum absolute atomic E-state index is 6.97. The molecule has 1 aromatic heterocycles. The van der Waals surface area contributed by atoms with E-state index in [1.807, 2.05) is 0 Å². The van der Waals surface area contributed by atoms with Gasteiger partial charge in [-0.15, -0.1) is 0 Å². The second-order valence-electron chi connectivity index (χ2n) is 18.3. The van der Waals surface area contributed by atoms with Crippen molar-refractivity contribution in [2.75, 3.05) is 4.90 Å². The molecule has 1 heterocycles. The smallest absolute Gasteiger partial charge is 0.143 e. The lowest BCUT2D eigenvalue weighted by Crippen LogP contribution is -2.29. The quantitative estimate of drug-likeness (QED) is 0.159. The van der Waals surface area contributed by atoms with Gasteiger partial charge in [0.25, 0.3) is 0 Å². The predicted molar refractivity (Wildman–Crippen MR) is 289 cm³/mol. The SMILES string of the molecule is c1ccc(C2(c3ccccc3)c3ccccc3-c3cccc(-c4ccc(-c5cc6c(oc7cccc(N(c8ccc9ccccc9c8)c8ccc9ccccc9c8)c76)c6ccccc56)cc4)c32)cc1. The van der Waals surface area contributed by atoms with Crippen molar-refractivity contribution in [3.63, 3.8) is 0 Å². The molecule has 69 heavy (non-hydrogen) atoms. The van der Waals surface area contributed by atoms with Gasteiger partial charge in [-0.1, -0.05) is 218 Å². The zero-order chi connectivity index (χ0) is 45.5. The third-order valence-corrected chi connectivity index (χ3v) is 14.7. The molecule has 322 valence electrons. The predicted octanol–water partition coefficient (Wildman–Crippen LogP) is 18.2. The van der Waals surface area contributed by atoms with Crippen molar-refractivity contribution >= 4 is 71.3 Å². The fourth-order valence-corrected chi connectivity index (χ4v) is 11.7. The van der Waals surface area contributed by atoms with Crippen molar-refractivity contribution in [3.05, 3.63) is 283 Å². The van der Waals surface area contributed by atoms with Crippen molar-refractivity contribution < 1.29 is 4.42 Å². The molecule has 0 atom stereocenters. The minimum atomic E-state index is -0.501. The van der Waals surface area contributed by atoms with E-state index >= 15 is 0 Å². The molecule has 1 aliphatic rings. The maximum Gasteiger partial charge on any atom is 0.143 e. The van der Waals surface area contributed by atoms with Gasteiger partial charge in [0.05, 0.1) is 16.5 Å². The van der Waals surface area contributed by atoms with Gasteiger partial charge in [0, 0.05) is 22.1 Å². The number of anilines is 3. The first-order valence-electron chi connectivity index (χ1n) is 23.8. The van der Waals surface area contributed by atoms with Crippen LogP contribution in [0.2, 0.25) is 0 Å². The summed E-state index contributed by atoms with van der Waals surface area (Å²) in [7, 11) is 0. The van der Waals surface area contributed by atoms with Crippen LogP contribution in [0.5, 0.6) is 0 Å². The first-order valence-corrected chi connectivity index (χ1v) is 23.8. The van der Waals surface area contributed by atoms with Crippen LogP contribution in [0, 0.1) is 0 Å². The summed E-state index contributed by atoms with van der Waals surface area (Å²) in [5.74, 6) is 0. The molecule has 0 aliphatic heterocycles. The van der Waals surface area contributed by atoms with Gasteiger partial charge in [-0.3, -0.25) is 0 Å². The topological polar surface area (TPSA) is 16.4 Å². The number of rotatable bonds is 7. The Bertz CT molecular complexity index is 4010. The molecular weight excluding hydrogens is 835 g/mol. The highest BCUT2D eigenvalue weighted by molar-refractivity contribution is 6.22. The van der Waals surface area contributed by atoms with Crippen LogP contribution in [-0.2, 0) is 5.41 Å². The van der Waals surface area contributed by atoms with Crippen LogP contribution in [0.15, 0.2) is 265 Å². The molecule has 12 aromatic carbocycles. The Morgan fingerprint density at radius 3 is 1.52 bits per heavy atom. The van der Waals surface area contributed by atoms with Crippen molar-refractivity contribution in [2.24, 2.45) is 0 Å². The van der Waals surface area contributed by atoms with E-state index < -0.39 is 5.41 Å². The molecule has 0 spiro atoms. The van der Waals surface area contributed by atoms with E-state index in [-0.39, 0.29) is 0 Å². The number of hydrogen-bond donors (Lipinski definition) is 0. The van der Waals surface area contributed by atoms with E-state index in [4.69, 9.17) is 4.42 Å². The Hall–Kier alpha value is -8.98. The summed E-state index contributed by atoms with van der Waals surface area (Å²) in [5.41, 5.74) is 16.9. The maximum atomic E-state index is 6.97. The van der Waals surface area contributed by atoms with Crippen LogP contribution >= 0.6 is 0 Å². The third-order valence-electron chi connectivity index (χ3n) is 14.7. The van der Waals surface area contributed by atoms with Crippen molar-refractivity contribution in [1.82, 2.24) is 0 Å². The third kappa shape index (κ3) is 5.99. The van der Waals surface area contributed by atoms with Gasteiger partial charge >= 0.3 is 0 Å². The first-order chi connectivity index (χ1) is 34.2. The minimum absolute atomic E-state index is 0.501. The standard InChI is InChI=1S/C67H43NO/c1-3-21-50(22-4-1)67(51-23-5-2-6-24-51)61-30-14-13-26-56(61)57-29-15-28-54(65(57)67)46-33-35-47(36-34-46)59-43-60-64-62(31-16-32-63(64)69-66(60)58-27-12-11-25-55(58)59)68(52-39-37-44-17-7-9-19-48(44)41-52)53-40-38-45-18-8-10-20-49(45)42-53/h1-43H. The summed E-state index contributed by atoms with van der Waals surface area (Å²) in [5, 5.41) is 9.21. The minimum Gasteiger partial charge on any atom is -0.455 e. The number of furan rings is 1. The highest BCUT2D eigenvalue weighted by Gasteiger charge is 2.47. The Morgan fingerprint density at radius 2 is 0.855 bits per heavy atom. The molecular formula is C67H43NO. The van der Waals surface area contributed by atoms with E-state index in [2.05, 4.69) is 266 Å². The molecule has 0 saturated carbocycles. The number of hydrogen-bond acceptors (Lipinski definition) is 2. The summed E-state index contributed by atoms with van der Waals surface area (Å²) in [4.78, 5) is 2.40. The number of benzene rings is 12. The highest BCUT2D eigenvalue weighted by Crippen LogP contribution is 2.59. The van der Waals surface area contributed by atoms with E-state index in [1.165, 1.54) is 71.6 Å². The lowest BCUT2D eigenvalue weighted by molar-refractivity contribution is 0.672. The second-order valence-corrected chi connectivity index (χ2v) is 18.3. The molecule has 2 nitrogen and oxygen atoms in total. The average Bonchev–Trinajstić information content (AvgIpc) is 3.96. The van der Waals surface area contributed by atoms with Gasteiger partial charge in [0.15, 0.2) is 0 Å². The largest absolute Gasteiger partial charge is 0.455 e. The van der Waals surface area contributed by atoms with E-state index in [1.54, 1.807) is 0 Å². The van der Waals surface area contributed by atoms with E-state index in [0.717, 1.165) is 55.3 Å². The summed E-state index contributed by atoms with van der Waals surface area (Å²) < 4.78 is 6.97. The van der Waals surface area contributed by atoms with Crippen LogP contribution in [0.4, 0.5) is 17.1 Å². The molecule has 0 saturated heterocycles. The highest BCUT2D eigenvalue weighted by atomic mass is 16.3. The summed E-state index contributed by atoms with van der Waals surface area (Å²) >= 11 is 0. The van der Waals surface area contributed by atoms with Gasteiger partial charge in [-0.25, -0.2) is 0 Å². The Balaban J connectivity index is 0.964. The van der Waals surface area contributed by atoms with E-state index in [9.17, 15) is 0 Å². The van der Waals surface area contributed by atoms with Gasteiger partial charge in [0.1, 0.15) is 11.2 Å². The Kier molecular flexibility index (Phi) is 8.84. The van der Waals surface area contributed by atoms with Gasteiger partial charge in [-0.05, 0) is 125 Å². The zero-order valence-corrected chi connectivity index (χ0v) is 37.7. The summed E-state index contributed by atoms with van der Waals surface area (Å²) in [6.07, 6.45) is 0. The van der Waals surface area contributed by atoms with Crippen LogP contribution in [0.25, 0.3) is 87.6 Å². The summed E-state index contributed by atoms with van der Waals surface area (Å²) in [6.45, 7) is 0. The second kappa shape index (κ2) is 15.6. The molecule has 0 radical (unpaired) electrons.